The van der Waals surface area contributed by atoms with Crippen LogP contribution < -0.4 is 4.74 Å². The molecule has 0 aliphatic carbocycles. The third kappa shape index (κ3) is 2.60. The molecule has 0 amide bonds. The molecule has 0 atom stereocenters. The minimum absolute atomic E-state index is 0.271. The van der Waals surface area contributed by atoms with Gasteiger partial charge in [-0.2, -0.15) is 0 Å². The highest BCUT2D eigenvalue weighted by molar-refractivity contribution is 5.81. The Morgan fingerprint density at radius 3 is 2.59 bits per heavy atom. The quantitative estimate of drug-likeness (QED) is 0.859. The Balaban J connectivity index is 2.11. The highest BCUT2D eigenvalue weighted by atomic mass is 16.5. The van der Waals surface area contributed by atoms with Crippen LogP contribution in [0.4, 0.5) is 0 Å². The summed E-state index contributed by atoms with van der Waals surface area (Å²) in [5.41, 5.74) is 0.936. The first kappa shape index (κ1) is 11.1. The van der Waals surface area contributed by atoms with Gasteiger partial charge in [-0.1, -0.05) is 12.1 Å². The Kier molecular flexibility index (Phi) is 3.04. The molecule has 0 saturated carbocycles. The van der Waals surface area contributed by atoms with Crippen molar-refractivity contribution in [2.75, 3.05) is 7.11 Å². The summed E-state index contributed by atoms with van der Waals surface area (Å²) in [7, 11) is 1.59. The average Bonchev–Trinajstić information content (AvgIpc) is 2.79. The standard InChI is InChI=1S/C11H10N2O4/c1-16-8-4-2-7(3-5-8)6-9-12-13-10(17-9)11(14)15/h2-5H,6H2,1H3,(H,14,15). The summed E-state index contributed by atoms with van der Waals surface area (Å²) in [6.07, 6.45) is 0.393. The van der Waals surface area contributed by atoms with E-state index in [0.717, 1.165) is 11.3 Å². The Morgan fingerprint density at radius 2 is 2.06 bits per heavy atom. The molecule has 0 bridgehead atoms. The zero-order valence-corrected chi connectivity index (χ0v) is 9.08. The lowest BCUT2D eigenvalue weighted by Crippen LogP contribution is -1.95. The Morgan fingerprint density at radius 1 is 1.35 bits per heavy atom. The van der Waals surface area contributed by atoms with Crippen molar-refractivity contribution in [3.05, 3.63) is 41.6 Å². The van der Waals surface area contributed by atoms with E-state index < -0.39 is 11.9 Å². The van der Waals surface area contributed by atoms with Crippen LogP contribution in [-0.4, -0.2) is 28.4 Å². The van der Waals surface area contributed by atoms with Gasteiger partial charge in [-0.05, 0) is 17.7 Å². The summed E-state index contributed by atoms with van der Waals surface area (Å²) >= 11 is 0. The zero-order valence-electron chi connectivity index (χ0n) is 9.08. The van der Waals surface area contributed by atoms with Gasteiger partial charge < -0.3 is 14.3 Å². The topological polar surface area (TPSA) is 85.5 Å². The zero-order chi connectivity index (χ0) is 12.3. The number of ether oxygens (including phenoxy) is 1. The van der Waals surface area contributed by atoms with E-state index in [0.29, 0.717) is 6.42 Å². The van der Waals surface area contributed by atoms with Gasteiger partial charge in [0.2, 0.25) is 5.89 Å². The summed E-state index contributed by atoms with van der Waals surface area (Å²) < 4.78 is 9.98. The van der Waals surface area contributed by atoms with Crippen LogP contribution in [0.5, 0.6) is 5.75 Å². The van der Waals surface area contributed by atoms with E-state index in [1.165, 1.54) is 0 Å². The van der Waals surface area contributed by atoms with E-state index >= 15 is 0 Å². The fraction of sp³-hybridized carbons (Fsp3) is 0.182. The summed E-state index contributed by atoms with van der Waals surface area (Å²) in [4.78, 5) is 10.5. The minimum atomic E-state index is -1.22. The van der Waals surface area contributed by atoms with Gasteiger partial charge in [-0.3, -0.25) is 0 Å². The minimum Gasteiger partial charge on any atom is -0.497 e. The fourth-order valence-corrected chi connectivity index (χ4v) is 1.33. The van der Waals surface area contributed by atoms with Crippen LogP contribution in [-0.2, 0) is 6.42 Å². The van der Waals surface area contributed by atoms with Crippen molar-refractivity contribution in [3.63, 3.8) is 0 Å². The maximum Gasteiger partial charge on any atom is 0.393 e. The van der Waals surface area contributed by atoms with Gasteiger partial charge >= 0.3 is 11.9 Å². The van der Waals surface area contributed by atoms with Crippen molar-refractivity contribution < 1.29 is 19.1 Å². The summed E-state index contributed by atoms with van der Waals surface area (Å²) in [5, 5.41) is 15.7. The van der Waals surface area contributed by atoms with Crippen molar-refractivity contribution >= 4 is 5.97 Å². The normalized spacial score (nSPS) is 10.2. The molecule has 0 unspecified atom stereocenters. The molecule has 0 aliphatic rings. The molecule has 0 aliphatic heterocycles. The number of hydrogen-bond donors (Lipinski definition) is 1. The molecule has 0 radical (unpaired) electrons. The first-order chi connectivity index (χ1) is 8.19. The molecule has 6 heteroatoms. The maximum absolute atomic E-state index is 10.5. The van der Waals surface area contributed by atoms with Crippen molar-refractivity contribution in [1.82, 2.24) is 10.2 Å². The molecule has 0 fully saturated rings. The lowest BCUT2D eigenvalue weighted by Gasteiger charge is -2.00. The second-order valence-corrected chi connectivity index (χ2v) is 3.33. The monoisotopic (exact) mass is 234 g/mol. The SMILES string of the molecule is COc1ccc(Cc2nnc(C(=O)O)o2)cc1. The molecule has 2 rings (SSSR count). The first-order valence-electron chi connectivity index (χ1n) is 4.87. The molecule has 88 valence electrons. The van der Waals surface area contributed by atoms with E-state index in [-0.39, 0.29) is 5.89 Å². The molecule has 1 N–H and O–H groups in total. The van der Waals surface area contributed by atoms with E-state index in [1.807, 2.05) is 24.3 Å². The molecule has 2 aromatic rings. The number of rotatable bonds is 4. The molecule has 17 heavy (non-hydrogen) atoms. The number of methoxy groups -OCH3 is 1. The molecule has 0 spiro atoms. The van der Waals surface area contributed by atoms with E-state index in [1.54, 1.807) is 7.11 Å². The van der Waals surface area contributed by atoms with Crippen LogP contribution in [0.1, 0.15) is 22.1 Å². The molecular weight excluding hydrogens is 224 g/mol. The Labute approximate surface area is 96.9 Å². The first-order valence-corrected chi connectivity index (χ1v) is 4.87. The number of hydrogen-bond acceptors (Lipinski definition) is 5. The fourth-order valence-electron chi connectivity index (χ4n) is 1.33. The average molecular weight is 234 g/mol. The smallest absolute Gasteiger partial charge is 0.393 e. The number of aromatic nitrogens is 2. The number of nitrogens with zero attached hydrogens (tertiary/aromatic N) is 2. The van der Waals surface area contributed by atoms with Crippen LogP contribution >= 0.6 is 0 Å². The Hall–Kier alpha value is -2.37. The predicted molar refractivity (Wildman–Crippen MR) is 57.1 cm³/mol. The van der Waals surface area contributed by atoms with Crippen molar-refractivity contribution in [2.24, 2.45) is 0 Å². The van der Waals surface area contributed by atoms with Gasteiger partial charge in [0.25, 0.3) is 0 Å². The predicted octanol–water partition coefficient (Wildman–Crippen LogP) is 1.37. The van der Waals surface area contributed by atoms with Crippen molar-refractivity contribution in [1.29, 1.82) is 0 Å². The molecule has 6 nitrogen and oxygen atoms in total. The number of carbonyl (C=O) groups is 1. The van der Waals surface area contributed by atoms with E-state index in [4.69, 9.17) is 14.3 Å². The molecule has 1 aromatic carbocycles. The van der Waals surface area contributed by atoms with E-state index in [2.05, 4.69) is 10.2 Å². The lowest BCUT2D eigenvalue weighted by molar-refractivity contribution is 0.0651. The second kappa shape index (κ2) is 4.65. The largest absolute Gasteiger partial charge is 0.497 e. The Bertz CT molecular complexity index is 519. The van der Waals surface area contributed by atoms with Crippen molar-refractivity contribution in [2.45, 2.75) is 6.42 Å². The van der Waals surface area contributed by atoms with Crippen LogP contribution in [0.15, 0.2) is 28.7 Å². The highest BCUT2D eigenvalue weighted by Gasteiger charge is 2.12. The molecule has 1 heterocycles. The van der Waals surface area contributed by atoms with Crippen LogP contribution in [0.3, 0.4) is 0 Å². The van der Waals surface area contributed by atoms with Gasteiger partial charge in [-0.25, -0.2) is 4.79 Å². The van der Waals surface area contributed by atoms with Gasteiger partial charge in [0, 0.05) is 0 Å². The van der Waals surface area contributed by atoms with Crippen LogP contribution in [0, 0.1) is 0 Å². The third-order valence-electron chi connectivity index (χ3n) is 2.16. The van der Waals surface area contributed by atoms with Crippen molar-refractivity contribution in [3.8, 4) is 5.75 Å². The van der Waals surface area contributed by atoms with Crippen LogP contribution in [0.2, 0.25) is 0 Å². The molecule has 0 saturated heterocycles. The van der Waals surface area contributed by atoms with Gasteiger partial charge in [-0.15, -0.1) is 10.2 Å². The summed E-state index contributed by atoms with van der Waals surface area (Å²) in [5.74, 6) is -0.593. The van der Waals surface area contributed by atoms with Crippen LogP contribution in [0.25, 0.3) is 0 Å². The lowest BCUT2D eigenvalue weighted by atomic mass is 10.1. The second-order valence-electron chi connectivity index (χ2n) is 3.33. The summed E-state index contributed by atoms with van der Waals surface area (Å²) in [6, 6.07) is 7.32. The molecule has 1 aromatic heterocycles. The maximum atomic E-state index is 10.5. The van der Waals surface area contributed by atoms with Gasteiger partial charge in [0.15, 0.2) is 0 Å². The third-order valence-corrected chi connectivity index (χ3v) is 2.16. The van der Waals surface area contributed by atoms with E-state index in [9.17, 15) is 4.79 Å². The number of carboxylic acid groups (broad SMARTS) is 1. The number of benzene rings is 1. The van der Waals surface area contributed by atoms with Gasteiger partial charge in [0.1, 0.15) is 5.75 Å². The number of aromatic carboxylic acids is 1. The highest BCUT2D eigenvalue weighted by Crippen LogP contribution is 2.14. The number of carboxylic acids is 1. The van der Waals surface area contributed by atoms with Gasteiger partial charge in [0.05, 0.1) is 13.5 Å². The summed E-state index contributed by atoms with van der Waals surface area (Å²) in [6.45, 7) is 0. The molecular formula is C11H10N2O4.